The quantitative estimate of drug-likeness (QED) is 0.784. The zero-order valence-electron chi connectivity index (χ0n) is 8.88. The summed E-state index contributed by atoms with van der Waals surface area (Å²) in [4.78, 5) is 11.0. The Morgan fingerprint density at radius 2 is 2.00 bits per heavy atom. The van der Waals surface area contributed by atoms with E-state index in [-0.39, 0.29) is 24.3 Å². The summed E-state index contributed by atoms with van der Waals surface area (Å²) >= 11 is 0. The Labute approximate surface area is 88.7 Å². The number of rotatable bonds is 4. The van der Waals surface area contributed by atoms with Crippen molar-refractivity contribution >= 4 is 5.91 Å². The molecule has 1 rings (SSSR count). The number of carbonyl (C=O) groups is 1. The van der Waals surface area contributed by atoms with Crippen molar-refractivity contribution in [2.75, 3.05) is 13.6 Å². The van der Waals surface area contributed by atoms with E-state index in [2.05, 4.69) is 10.6 Å². The summed E-state index contributed by atoms with van der Waals surface area (Å²) in [7, 11) is 1.59. The first-order valence-electron chi connectivity index (χ1n) is 4.83. The molecule has 0 aliphatic heterocycles. The number of nitrogens with one attached hydrogen (secondary N) is 2. The van der Waals surface area contributed by atoms with Gasteiger partial charge in [0.1, 0.15) is 5.82 Å². The molecule has 0 radical (unpaired) electrons. The number of benzene rings is 1. The molecule has 0 saturated carbocycles. The molecular formula is C11H15FN2O. The van der Waals surface area contributed by atoms with Gasteiger partial charge in [0.2, 0.25) is 5.91 Å². The second-order valence-corrected chi connectivity index (χ2v) is 3.33. The number of halogens is 1. The Bertz CT molecular complexity index is 324. The van der Waals surface area contributed by atoms with Crippen molar-refractivity contribution in [3.05, 3.63) is 35.6 Å². The van der Waals surface area contributed by atoms with E-state index in [0.29, 0.717) is 0 Å². The van der Waals surface area contributed by atoms with Crippen molar-refractivity contribution in [1.29, 1.82) is 0 Å². The molecule has 1 atom stereocenters. The minimum Gasteiger partial charge on any atom is -0.358 e. The third-order valence-corrected chi connectivity index (χ3v) is 2.22. The van der Waals surface area contributed by atoms with E-state index in [1.807, 2.05) is 6.92 Å². The van der Waals surface area contributed by atoms with Crippen LogP contribution < -0.4 is 10.6 Å². The van der Waals surface area contributed by atoms with Gasteiger partial charge in [-0.25, -0.2) is 4.39 Å². The highest BCUT2D eigenvalue weighted by atomic mass is 19.1. The minimum absolute atomic E-state index is 0.0305. The van der Waals surface area contributed by atoms with Gasteiger partial charge in [0.15, 0.2) is 0 Å². The first-order chi connectivity index (χ1) is 7.13. The molecule has 1 aromatic carbocycles. The third kappa shape index (κ3) is 3.67. The molecule has 0 aliphatic carbocycles. The number of hydrogen-bond acceptors (Lipinski definition) is 2. The van der Waals surface area contributed by atoms with Crippen LogP contribution in [0.4, 0.5) is 4.39 Å². The van der Waals surface area contributed by atoms with Crippen LogP contribution in [-0.2, 0) is 4.79 Å². The van der Waals surface area contributed by atoms with Crippen molar-refractivity contribution in [3.8, 4) is 0 Å². The monoisotopic (exact) mass is 210 g/mol. The van der Waals surface area contributed by atoms with Gasteiger partial charge in [0.25, 0.3) is 0 Å². The van der Waals surface area contributed by atoms with Crippen LogP contribution in [0, 0.1) is 5.82 Å². The summed E-state index contributed by atoms with van der Waals surface area (Å²) in [6.45, 7) is 2.19. The van der Waals surface area contributed by atoms with Crippen LogP contribution in [0.15, 0.2) is 24.3 Å². The summed E-state index contributed by atoms with van der Waals surface area (Å²) in [5.41, 5.74) is 0.959. The van der Waals surface area contributed by atoms with Crippen LogP contribution in [0.2, 0.25) is 0 Å². The molecule has 0 unspecified atom stereocenters. The highest BCUT2D eigenvalue weighted by molar-refractivity contribution is 5.77. The van der Waals surface area contributed by atoms with Gasteiger partial charge in [0, 0.05) is 13.1 Å². The number of amides is 1. The van der Waals surface area contributed by atoms with Crippen LogP contribution in [0.3, 0.4) is 0 Å². The van der Waals surface area contributed by atoms with Gasteiger partial charge in [-0.1, -0.05) is 12.1 Å². The van der Waals surface area contributed by atoms with E-state index in [0.717, 1.165) is 5.56 Å². The van der Waals surface area contributed by atoms with Gasteiger partial charge in [0.05, 0.1) is 6.54 Å². The lowest BCUT2D eigenvalue weighted by Crippen LogP contribution is -2.32. The second kappa shape index (κ2) is 5.46. The van der Waals surface area contributed by atoms with Crippen LogP contribution >= 0.6 is 0 Å². The lowest BCUT2D eigenvalue weighted by molar-refractivity contribution is -0.119. The average Bonchev–Trinajstić information content (AvgIpc) is 2.26. The van der Waals surface area contributed by atoms with E-state index in [9.17, 15) is 9.18 Å². The van der Waals surface area contributed by atoms with Crippen molar-refractivity contribution in [3.63, 3.8) is 0 Å². The third-order valence-electron chi connectivity index (χ3n) is 2.22. The maximum Gasteiger partial charge on any atom is 0.233 e. The summed E-state index contributed by atoms with van der Waals surface area (Å²) in [5.74, 6) is -0.318. The van der Waals surface area contributed by atoms with Gasteiger partial charge >= 0.3 is 0 Å². The van der Waals surface area contributed by atoms with E-state index in [1.165, 1.54) is 12.1 Å². The number of hydrogen-bond donors (Lipinski definition) is 2. The molecule has 0 fully saturated rings. The van der Waals surface area contributed by atoms with E-state index in [4.69, 9.17) is 0 Å². The predicted octanol–water partition coefficient (Wildman–Crippen LogP) is 1.22. The molecule has 15 heavy (non-hydrogen) atoms. The van der Waals surface area contributed by atoms with Crippen LogP contribution in [0.1, 0.15) is 18.5 Å². The van der Waals surface area contributed by atoms with Crippen molar-refractivity contribution in [2.45, 2.75) is 13.0 Å². The Kier molecular flexibility index (Phi) is 4.24. The smallest absolute Gasteiger partial charge is 0.233 e. The molecule has 0 aliphatic rings. The molecule has 82 valence electrons. The molecule has 1 amide bonds. The van der Waals surface area contributed by atoms with Crippen LogP contribution in [0.5, 0.6) is 0 Å². The predicted molar refractivity (Wildman–Crippen MR) is 56.9 cm³/mol. The normalized spacial score (nSPS) is 12.2. The van der Waals surface area contributed by atoms with Crippen LogP contribution in [-0.4, -0.2) is 19.5 Å². The summed E-state index contributed by atoms with van der Waals surface area (Å²) in [6, 6.07) is 6.26. The number of likely N-dealkylation sites (N-methyl/N-ethyl adjacent to an activating group) is 1. The topological polar surface area (TPSA) is 41.1 Å². The SMILES string of the molecule is CNC(=O)CN[C@H](C)c1ccc(F)cc1. The first kappa shape index (κ1) is 11.7. The van der Waals surface area contributed by atoms with E-state index < -0.39 is 0 Å². The van der Waals surface area contributed by atoms with E-state index >= 15 is 0 Å². The minimum atomic E-state index is -0.253. The fourth-order valence-electron chi connectivity index (χ4n) is 1.20. The lowest BCUT2D eigenvalue weighted by Gasteiger charge is -2.13. The molecule has 1 aromatic rings. The van der Waals surface area contributed by atoms with E-state index in [1.54, 1.807) is 19.2 Å². The molecular weight excluding hydrogens is 195 g/mol. The Morgan fingerprint density at radius 1 is 1.40 bits per heavy atom. The molecule has 3 nitrogen and oxygen atoms in total. The largest absolute Gasteiger partial charge is 0.358 e. The van der Waals surface area contributed by atoms with Gasteiger partial charge in [-0.05, 0) is 24.6 Å². The maximum absolute atomic E-state index is 12.6. The van der Waals surface area contributed by atoms with Gasteiger partial charge < -0.3 is 10.6 Å². The van der Waals surface area contributed by atoms with Crippen molar-refractivity contribution < 1.29 is 9.18 Å². The Hall–Kier alpha value is -1.42. The fraction of sp³-hybridized carbons (Fsp3) is 0.364. The zero-order valence-corrected chi connectivity index (χ0v) is 8.88. The van der Waals surface area contributed by atoms with Gasteiger partial charge in [-0.3, -0.25) is 4.79 Å². The first-order valence-corrected chi connectivity index (χ1v) is 4.83. The van der Waals surface area contributed by atoms with Crippen molar-refractivity contribution in [1.82, 2.24) is 10.6 Å². The molecule has 0 bridgehead atoms. The van der Waals surface area contributed by atoms with Crippen LogP contribution in [0.25, 0.3) is 0 Å². The lowest BCUT2D eigenvalue weighted by atomic mass is 10.1. The fourth-order valence-corrected chi connectivity index (χ4v) is 1.20. The zero-order chi connectivity index (χ0) is 11.3. The van der Waals surface area contributed by atoms with Crippen molar-refractivity contribution in [2.24, 2.45) is 0 Å². The molecule has 0 saturated heterocycles. The highest BCUT2D eigenvalue weighted by Crippen LogP contribution is 2.12. The summed E-state index contributed by atoms with van der Waals surface area (Å²) < 4.78 is 12.6. The standard InChI is InChI=1S/C11H15FN2O/c1-8(14-7-11(15)13-2)9-3-5-10(12)6-4-9/h3-6,8,14H,7H2,1-2H3,(H,13,15)/t8-/m1/s1. The molecule has 2 N–H and O–H groups in total. The Balaban J connectivity index is 2.50. The molecule has 0 aromatic heterocycles. The highest BCUT2D eigenvalue weighted by Gasteiger charge is 2.06. The molecule has 0 heterocycles. The summed E-state index contributed by atoms with van der Waals surface area (Å²) in [6.07, 6.45) is 0. The molecule has 0 spiro atoms. The van der Waals surface area contributed by atoms with Gasteiger partial charge in [-0.15, -0.1) is 0 Å². The Morgan fingerprint density at radius 3 is 2.53 bits per heavy atom. The second-order valence-electron chi connectivity index (χ2n) is 3.33. The maximum atomic E-state index is 12.6. The molecule has 4 heteroatoms. The number of carbonyl (C=O) groups excluding carboxylic acids is 1. The average molecular weight is 210 g/mol. The van der Waals surface area contributed by atoms with Gasteiger partial charge in [-0.2, -0.15) is 0 Å². The summed E-state index contributed by atoms with van der Waals surface area (Å²) in [5, 5.41) is 5.55.